The van der Waals surface area contributed by atoms with Crippen molar-refractivity contribution < 1.29 is 9.47 Å². The van der Waals surface area contributed by atoms with Crippen LogP contribution in [0, 0.1) is 18.3 Å². The Hall–Kier alpha value is -3.00. The van der Waals surface area contributed by atoms with Gasteiger partial charge in [-0.3, -0.25) is 4.40 Å². The maximum absolute atomic E-state index is 9.53. The van der Waals surface area contributed by atoms with Crippen LogP contribution in [0.4, 0.5) is 0 Å². The zero-order chi connectivity index (χ0) is 17.1. The third-order valence-corrected chi connectivity index (χ3v) is 3.92. The number of nitrogens with zero attached hydrogens (tertiary/aromatic N) is 3. The smallest absolute Gasteiger partial charge is 0.161 e. The molecule has 0 N–H and O–H groups in total. The van der Waals surface area contributed by atoms with Crippen LogP contribution in [0.15, 0.2) is 36.5 Å². The van der Waals surface area contributed by atoms with Crippen LogP contribution in [0.3, 0.4) is 0 Å². The van der Waals surface area contributed by atoms with Crippen LogP contribution in [0.25, 0.3) is 5.65 Å². The van der Waals surface area contributed by atoms with E-state index in [4.69, 9.17) is 9.47 Å². The van der Waals surface area contributed by atoms with E-state index < -0.39 is 0 Å². The van der Waals surface area contributed by atoms with Crippen molar-refractivity contribution in [1.82, 2.24) is 9.38 Å². The molecule has 122 valence electrons. The van der Waals surface area contributed by atoms with Gasteiger partial charge in [-0.05, 0) is 43.2 Å². The first-order chi connectivity index (χ1) is 11.7. The first-order valence-corrected chi connectivity index (χ1v) is 7.84. The van der Waals surface area contributed by atoms with Crippen molar-refractivity contribution in [1.29, 1.82) is 5.26 Å². The van der Waals surface area contributed by atoms with E-state index in [9.17, 15) is 5.26 Å². The average Bonchev–Trinajstić information content (AvgIpc) is 2.95. The highest BCUT2D eigenvalue weighted by atomic mass is 16.5. The van der Waals surface area contributed by atoms with Crippen molar-refractivity contribution in [2.24, 2.45) is 0 Å². The van der Waals surface area contributed by atoms with E-state index >= 15 is 0 Å². The van der Waals surface area contributed by atoms with E-state index in [0.717, 1.165) is 28.2 Å². The maximum Gasteiger partial charge on any atom is 0.161 e. The number of rotatable bonds is 5. The lowest BCUT2D eigenvalue weighted by Crippen LogP contribution is -1.98. The summed E-state index contributed by atoms with van der Waals surface area (Å²) in [5.74, 6) is 1.41. The molecule has 0 aliphatic rings. The number of ether oxygens (including phenoxy) is 2. The highest BCUT2D eigenvalue weighted by Gasteiger charge is 2.14. The molecule has 0 amide bonds. The van der Waals surface area contributed by atoms with E-state index in [1.165, 1.54) is 0 Å². The molecular weight excluding hydrogens is 302 g/mol. The van der Waals surface area contributed by atoms with Gasteiger partial charge in [0.2, 0.25) is 0 Å². The van der Waals surface area contributed by atoms with Gasteiger partial charge in [-0.2, -0.15) is 5.26 Å². The number of pyridine rings is 1. The van der Waals surface area contributed by atoms with E-state index in [-0.39, 0.29) is 0 Å². The minimum atomic E-state index is 0.562. The number of aryl methyl sites for hydroxylation is 1. The molecule has 0 saturated carbocycles. The van der Waals surface area contributed by atoms with Gasteiger partial charge in [-0.1, -0.05) is 12.1 Å². The predicted molar refractivity (Wildman–Crippen MR) is 91.6 cm³/mol. The molecule has 2 aromatic heterocycles. The van der Waals surface area contributed by atoms with Gasteiger partial charge in [0, 0.05) is 12.6 Å². The number of hydrogen-bond donors (Lipinski definition) is 0. The summed E-state index contributed by atoms with van der Waals surface area (Å²) in [6.45, 7) is 4.51. The number of aromatic nitrogens is 2. The number of fused-ring (bicyclic) bond motifs is 1. The van der Waals surface area contributed by atoms with Gasteiger partial charge in [-0.15, -0.1) is 0 Å². The summed E-state index contributed by atoms with van der Waals surface area (Å²) in [7, 11) is 1.62. The molecule has 0 atom stereocenters. The van der Waals surface area contributed by atoms with Crippen LogP contribution < -0.4 is 9.47 Å². The molecule has 0 unspecified atom stereocenters. The fraction of sp³-hybridized carbons (Fsp3) is 0.263. The van der Waals surface area contributed by atoms with Crippen molar-refractivity contribution in [3.8, 4) is 17.6 Å². The van der Waals surface area contributed by atoms with Gasteiger partial charge in [0.15, 0.2) is 11.5 Å². The third-order valence-electron chi connectivity index (χ3n) is 3.92. The van der Waals surface area contributed by atoms with Crippen LogP contribution in [-0.4, -0.2) is 23.1 Å². The second-order valence-corrected chi connectivity index (χ2v) is 5.50. The molecule has 1 aromatic carbocycles. The normalized spacial score (nSPS) is 10.6. The molecule has 24 heavy (non-hydrogen) atoms. The molecule has 5 heteroatoms. The Morgan fingerprint density at radius 2 is 2.08 bits per heavy atom. The maximum atomic E-state index is 9.53. The number of methoxy groups -OCH3 is 1. The van der Waals surface area contributed by atoms with Crippen LogP contribution in [0.2, 0.25) is 0 Å². The van der Waals surface area contributed by atoms with E-state index in [0.29, 0.717) is 24.5 Å². The first-order valence-electron chi connectivity index (χ1n) is 7.84. The standard InChI is InChI=1S/C19H19N3O2/c1-4-24-17-8-7-14(11-18(17)23-3)10-15-16(12-20)22-9-5-6-13(2)19(22)21-15/h5-9,11H,4,10H2,1-3H3. The van der Waals surface area contributed by atoms with Crippen LogP contribution >= 0.6 is 0 Å². The number of hydrogen-bond acceptors (Lipinski definition) is 4. The van der Waals surface area contributed by atoms with Crippen molar-refractivity contribution >= 4 is 5.65 Å². The summed E-state index contributed by atoms with van der Waals surface area (Å²) >= 11 is 0. The molecule has 0 radical (unpaired) electrons. The van der Waals surface area contributed by atoms with Gasteiger partial charge in [0.25, 0.3) is 0 Å². The lowest BCUT2D eigenvalue weighted by atomic mass is 10.1. The van der Waals surface area contributed by atoms with E-state index in [1.807, 2.05) is 54.8 Å². The molecule has 3 rings (SSSR count). The third kappa shape index (κ3) is 2.79. The summed E-state index contributed by atoms with van der Waals surface area (Å²) in [5, 5.41) is 9.53. The van der Waals surface area contributed by atoms with Gasteiger partial charge >= 0.3 is 0 Å². The summed E-state index contributed by atoms with van der Waals surface area (Å²) in [5.41, 5.74) is 4.22. The van der Waals surface area contributed by atoms with Crippen LogP contribution in [0.1, 0.15) is 29.4 Å². The Morgan fingerprint density at radius 3 is 2.79 bits per heavy atom. The fourth-order valence-corrected chi connectivity index (χ4v) is 2.78. The average molecular weight is 321 g/mol. The molecule has 0 fully saturated rings. The molecule has 0 spiro atoms. The number of imidazole rings is 1. The number of nitriles is 1. The lowest BCUT2D eigenvalue weighted by molar-refractivity contribution is 0.310. The second-order valence-electron chi connectivity index (χ2n) is 5.50. The molecular formula is C19H19N3O2. The highest BCUT2D eigenvalue weighted by Crippen LogP contribution is 2.29. The molecule has 5 nitrogen and oxygen atoms in total. The van der Waals surface area contributed by atoms with Crippen molar-refractivity contribution in [2.75, 3.05) is 13.7 Å². The Morgan fingerprint density at radius 1 is 1.25 bits per heavy atom. The monoisotopic (exact) mass is 321 g/mol. The second kappa shape index (κ2) is 6.63. The van der Waals surface area contributed by atoms with Crippen LogP contribution in [0.5, 0.6) is 11.5 Å². The van der Waals surface area contributed by atoms with Gasteiger partial charge in [-0.25, -0.2) is 4.98 Å². The topological polar surface area (TPSA) is 59.5 Å². The van der Waals surface area contributed by atoms with Gasteiger partial charge < -0.3 is 9.47 Å². The van der Waals surface area contributed by atoms with Gasteiger partial charge in [0.05, 0.1) is 19.4 Å². The first kappa shape index (κ1) is 15.9. The summed E-state index contributed by atoms with van der Waals surface area (Å²) in [4.78, 5) is 4.66. The highest BCUT2D eigenvalue weighted by molar-refractivity contribution is 5.54. The van der Waals surface area contributed by atoms with Crippen molar-refractivity contribution in [3.05, 3.63) is 59.0 Å². The summed E-state index contributed by atoms with van der Waals surface area (Å²) in [6.07, 6.45) is 2.43. The van der Waals surface area contributed by atoms with Gasteiger partial charge in [0.1, 0.15) is 17.4 Å². The van der Waals surface area contributed by atoms with Crippen molar-refractivity contribution in [2.45, 2.75) is 20.3 Å². The quantitative estimate of drug-likeness (QED) is 0.721. The zero-order valence-corrected chi connectivity index (χ0v) is 14.0. The van der Waals surface area contributed by atoms with Crippen LogP contribution in [-0.2, 0) is 6.42 Å². The Bertz CT molecular complexity index is 922. The fourth-order valence-electron chi connectivity index (χ4n) is 2.78. The Kier molecular flexibility index (Phi) is 4.39. The minimum Gasteiger partial charge on any atom is -0.493 e. The molecule has 2 heterocycles. The largest absolute Gasteiger partial charge is 0.493 e. The zero-order valence-electron chi connectivity index (χ0n) is 14.0. The number of benzene rings is 1. The Labute approximate surface area is 141 Å². The molecule has 3 aromatic rings. The molecule has 0 aliphatic carbocycles. The van der Waals surface area contributed by atoms with Crippen molar-refractivity contribution in [3.63, 3.8) is 0 Å². The SMILES string of the molecule is CCOc1ccc(Cc2nc3c(C)cccn3c2C#N)cc1OC. The summed E-state index contributed by atoms with van der Waals surface area (Å²) in [6, 6.07) is 12.0. The predicted octanol–water partition coefficient (Wildman–Crippen LogP) is 3.51. The molecule has 0 aliphatic heterocycles. The van der Waals surface area contributed by atoms with E-state index in [2.05, 4.69) is 11.1 Å². The minimum absolute atomic E-state index is 0.562. The molecule has 0 bridgehead atoms. The van der Waals surface area contributed by atoms with E-state index in [1.54, 1.807) is 7.11 Å². The summed E-state index contributed by atoms with van der Waals surface area (Å²) < 4.78 is 12.8. The Balaban J connectivity index is 2.01. The molecule has 0 saturated heterocycles. The lowest BCUT2D eigenvalue weighted by Gasteiger charge is -2.10.